The minimum Gasteiger partial charge on any atom is -0.352 e. The Labute approximate surface area is 139 Å². The zero-order valence-electron chi connectivity index (χ0n) is 13.3. The summed E-state index contributed by atoms with van der Waals surface area (Å²) in [5.74, 6) is -0.295. The zero-order chi connectivity index (χ0) is 16.7. The second-order valence-corrected chi connectivity index (χ2v) is 6.23. The minimum absolute atomic E-state index is 0.0815. The van der Waals surface area contributed by atoms with E-state index >= 15 is 0 Å². The van der Waals surface area contributed by atoms with Crippen molar-refractivity contribution >= 4 is 28.3 Å². The van der Waals surface area contributed by atoms with Crippen LogP contribution in [0.2, 0.25) is 0 Å². The van der Waals surface area contributed by atoms with Gasteiger partial charge in [0.25, 0.3) is 5.91 Å². The van der Waals surface area contributed by atoms with Crippen molar-refractivity contribution in [3.05, 3.63) is 40.4 Å². The van der Waals surface area contributed by atoms with Crippen LogP contribution in [-0.2, 0) is 17.8 Å². The third-order valence-corrected chi connectivity index (χ3v) is 4.09. The molecular formula is C16H20N4O2S. The Morgan fingerprint density at radius 2 is 1.91 bits per heavy atom. The number of carbonyl (C=O) groups is 2. The van der Waals surface area contributed by atoms with E-state index in [9.17, 15) is 9.59 Å². The average Bonchev–Trinajstić information content (AvgIpc) is 2.98. The molecule has 0 fully saturated rings. The summed E-state index contributed by atoms with van der Waals surface area (Å²) in [4.78, 5) is 23.0. The van der Waals surface area contributed by atoms with Crippen LogP contribution < -0.4 is 10.6 Å². The first-order valence-corrected chi connectivity index (χ1v) is 8.37. The molecule has 0 spiro atoms. The molecule has 2 amide bonds. The van der Waals surface area contributed by atoms with Gasteiger partial charge in [0.1, 0.15) is 5.01 Å². The van der Waals surface area contributed by atoms with Crippen molar-refractivity contribution in [2.24, 2.45) is 0 Å². The highest BCUT2D eigenvalue weighted by Gasteiger charge is 2.10. The molecule has 0 bridgehead atoms. The van der Waals surface area contributed by atoms with E-state index in [-0.39, 0.29) is 11.8 Å². The number of aryl methyl sites for hydroxylation is 1. The van der Waals surface area contributed by atoms with Crippen LogP contribution in [0.15, 0.2) is 24.3 Å². The molecule has 0 aliphatic rings. The molecular weight excluding hydrogens is 312 g/mol. The summed E-state index contributed by atoms with van der Waals surface area (Å²) >= 11 is 1.41. The van der Waals surface area contributed by atoms with Crippen LogP contribution in [0.1, 0.15) is 47.6 Å². The summed E-state index contributed by atoms with van der Waals surface area (Å²) in [6.07, 6.45) is 3.06. The quantitative estimate of drug-likeness (QED) is 0.816. The summed E-state index contributed by atoms with van der Waals surface area (Å²) < 4.78 is 0. The van der Waals surface area contributed by atoms with Gasteiger partial charge in [-0.3, -0.25) is 14.9 Å². The zero-order valence-corrected chi connectivity index (χ0v) is 14.1. The molecule has 6 nitrogen and oxygen atoms in total. The molecule has 1 heterocycles. The Hall–Kier alpha value is -2.28. The molecule has 0 aliphatic carbocycles. The number of hydrogen-bond donors (Lipinski definition) is 2. The Morgan fingerprint density at radius 3 is 2.57 bits per heavy atom. The molecule has 7 heteroatoms. The molecule has 122 valence electrons. The number of nitrogens with one attached hydrogen (secondary N) is 2. The van der Waals surface area contributed by atoms with Gasteiger partial charge in [0.05, 0.1) is 0 Å². The lowest BCUT2D eigenvalue weighted by atomic mass is 10.1. The van der Waals surface area contributed by atoms with Gasteiger partial charge < -0.3 is 5.32 Å². The van der Waals surface area contributed by atoms with E-state index in [0.29, 0.717) is 17.2 Å². The summed E-state index contributed by atoms with van der Waals surface area (Å²) in [7, 11) is 0. The number of hydrogen-bond acceptors (Lipinski definition) is 5. The minimum atomic E-state index is -0.214. The van der Waals surface area contributed by atoms with E-state index in [1.165, 1.54) is 18.3 Å². The lowest BCUT2D eigenvalue weighted by molar-refractivity contribution is -0.119. The van der Waals surface area contributed by atoms with Gasteiger partial charge in [-0.05, 0) is 24.1 Å². The lowest BCUT2D eigenvalue weighted by Crippen LogP contribution is -2.19. The Bertz CT molecular complexity index is 667. The molecule has 1 aromatic carbocycles. The van der Waals surface area contributed by atoms with Crippen molar-refractivity contribution in [3.63, 3.8) is 0 Å². The van der Waals surface area contributed by atoms with Crippen molar-refractivity contribution in [2.75, 3.05) is 5.32 Å². The second-order valence-electron chi connectivity index (χ2n) is 5.17. The van der Waals surface area contributed by atoms with Crippen LogP contribution in [-0.4, -0.2) is 22.0 Å². The third kappa shape index (κ3) is 5.45. The van der Waals surface area contributed by atoms with E-state index in [1.807, 2.05) is 12.1 Å². The number of aromatic nitrogens is 2. The van der Waals surface area contributed by atoms with Gasteiger partial charge in [-0.1, -0.05) is 36.8 Å². The standard InChI is InChI=1S/C16H20N4O2S/c1-3-4-5-14-19-20-16(23-14)18-15(22)13-8-6-12(7-9-13)10-17-11(2)21/h6-9H,3-5,10H2,1-2H3,(H,17,21)(H,18,20,22). The van der Waals surface area contributed by atoms with E-state index < -0.39 is 0 Å². The Balaban J connectivity index is 1.92. The number of nitrogens with zero attached hydrogens (tertiary/aromatic N) is 2. The van der Waals surface area contributed by atoms with Crippen molar-refractivity contribution in [3.8, 4) is 0 Å². The van der Waals surface area contributed by atoms with E-state index in [1.54, 1.807) is 12.1 Å². The Kier molecular flexibility index (Phi) is 6.22. The summed E-state index contributed by atoms with van der Waals surface area (Å²) in [6, 6.07) is 7.09. The molecule has 2 rings (SSSR count). The maximum absolute atomic E-state index is 12.2. The molecule has 2 N–H and O–H groups in total. The van der Waals surface area contributed by atoms with Crippen molar-refractivity contribution in [1.82, 2.24) is 15.5 Å². The molecule has 0 unspecified atom stereocenters. The molecule has 23 heavy (non-hydrogen) atoms. The third-order valence-electron chi connectivity index (χ3n) is 3.19. The molecule has 0 atom stereocenters. The van der Waals surface area contributed by atoms with Crippen LogP contribution in [0, 0.1) is 0 Å². The van der Waals surface area contributed by atoms with E-state index in [4.69, 9.17) is 0 Å². The maximum Gasteiger partial charge on any atom is 0.257 e. The van der Waals surface area contributed by atoms with E-state index in [2.05, 4.69) is 27.8 Å². The van der Waals surface area contributed by atoms with Gasteiger partial charge in [0.2, 0.25) is 11.0 Å². The van der Waals surface area contributed by atoms with Crippen LogP contribution >= 0.6 is 11.3 Å². The van der Waals surface area contributed by atoms with Crippen molar-refractivity contribution in [2.45, 2.75) is 39.7 Å². The van der Waals surface area contributed by atoms with Crippen molar-refractivity contribution < 1.29 is 9.59 Å². The highest BCUT2D eigenvalue weighted by atomic mass is 32.1. The fourth-order valence-corrected chi connectivity index (χ4v) is 2.68. The normalized spacial score (nSPS) is 10.3. The van der Waals surface area contributed by atoms with Gasteiger partial charge in [-0.2, -0.15) is 0 Å². The highest BCUT2D eigenvalue weighted by molar-refractivity contribution is 7.15. The van der Waals surface area contributed by atoms with Crippen LogP contribution in [0.25, 0.3) is 0 Å². The monoisotopic (exact) mass is 332 g/mol. The van der Waals surface area contributed by atoms with Gasteiger partial charge in [-0.25, -0.2) is 0 Å². The Morgan fingerprint density at radius 1 is 1.17 bits per heavy atom. The summed E-state index contributed by atoms with van der Waals surface area (Å²) in [5.41, 5.74) is 1.48. The molecule has 2 aromatic rings. The fraction of sp³-hybridized carbons (Fsp3) is 0.375. The topological polar surface area (TPSA) is 84.0 Å². The number of anilines is 1. The summed E-state index contributed by atoms with van der Waals surface area (Å²) in [5, 5.41) is 15.0. The summed E-state index contributed by atoms with van der Waals surface area (Å²) in [6.45, 7) is 4.05. The van der Waals surface area contributed by atoms with E-state index in [0.717, 1.165) is 29.8 Å². The molecule has 0 saturated heterocycles. The first-order chi connectivity index (χ1) is 11.1. The lowest BCUT2D eigenvalue weighted by Gasteiger charge is -2.04. The smallest absolute Gasteiger partial charge is 0.257 e. The molecule has 0 aliphatic heterocycles. The van der Waals surface area contributed by atoms with Gasteiger partial charge >= 0.3 is 0 Å². The van der Waals surface area contributed by atoms with Crippen LogP contribution in [0.3, 0.4) is 0 Å². The average molecular weight is 332 g/mol. The first-order valence-electron chi connectivity index (χ1n) is 7.55. The number of benzene rings is 1. The predicted molar refractivity (Wildman–Crippen MR) is 90.4 cm³/mol. The molecule has 1 aromatic heterocycles. The SMILES string of the molecule is CCCCc1nnc(NC(=O)c2ccc(CNC(C)=O)cc2)s1. The van der Waals surface area contributed by atoms with Gasteiger partial charge in [0.15, 0.2) is 0 Å². The predicted octanol–water partition coefficient (Wildman–Crippen LogP) is 2.77. The first kappa shape index (κ1) is 17.1. The number of amides is 2. The number of unbranched alkanes of at least 4 members (excludes halogenated alkanes) is 1. The molecule has 0 radical (unpaired) electrons. The number of rotatable bonds is 7. The fourth-order valence-electron chi connectivity index (χ4n) is 1.90. The molecule has 0 saturated carbocycles. The second kappa shape index (κ2) is 8.38. The van der Waals surface area contributed by atoms with Gasteiger partial charge in [0, 0.05) is 25.5 Å². The largest absolute Gasteiger partial charge is 0.352 e. The van der Waals surface area contributed by atoms with Crippen LogP contribution in [0.4, 0.5) is 5.13 Å². The van der Waals surface area contributed by atoms with Crippen LogP contribution in [0.5, 0.6) is 0 Å². The van der Waals surface area contributed by atoms with Crippen molar-refractivity contribution in [1.29, 1.82) is 0 Å². The number of carbonyl (C=O) groups excluding carboxylic acids is 2. The highest BCUT2D eigenvalue weighted by Crippen LogP contribution is 2.18. The van der Waals surface area contributed by atoms with Gasteiger partial charge in [-0.15, -0.1) is 10.2 Å². The maximum atomic E-state index is 12.2.